The number of hydrogen-bond donors (Lipinski definition) is 1. The maximum absolute atomic E-state index is 13.4. The summed E-state index contributed by atoms with van der Waals surface area (Å²) in [5, 5.41) is 3.46. The van der Waals surface area contributed by atoms with Crippen LogP contribution in [0.2, 0.25) is 5.02 Å². The highest BCUT2D eigenvalue weighted by Crippen LogP contribution is 2.30. The number of hydrogen-bond acceptors (Lipinski definition) is 6. The fourth-order valence-electron chi connectivity index (χ4n) is 3.42. The third-order valence-electron chi connectivity index (χ3n) is 4.96. The van der Waals surface area contributed by atoms with E-state index in [-0.39, 0.29) is 40.8 Å². The Balaban J connectivity index is 1.88. The molecular weight excluding hydrogens is 406 g/mol. The summed E-state index contributed by atoms with van der Waals surface area (Å²) >= 11 is 6.04. The van der Waals surface area contributed by atoms with Crippen molar-refractivity contribution >= 4 is 27.5 Å². The summed E-state index contributed by atoms with van der Waals surface area (Å²) in [5.74, 6) is -0.0274. The number of piperazine rings is 1. The van der Waals surface area contributed by atoms with Crippen LogP contribution in [0.25, 0.3) is 0 Å². The van der Waals surface area contributed by atoms with E-state index >= 15 is 0 Å². The van der Waals surface area contributed by atoms with Crippen molar-refractivity contribution in [2.75, 3.05) is 53.0 Å². The Morgan fingerprint density at radius 2 is 2.14 bits per heavy atom. The SMILES string of the molecule is COc1ccc(Cl)cc1S(=O)(=O)N(CC(=O)N1CCNCC1)C[C@H]1CCCO1. The number of methoxy groups -OCH3 is 1. The first-order valence-electron chi connectivity index (χ1n) is 9.35. The van der Waals surface area contributed by atoms with Crippen LogP contribution in [0.15, 0.2) is 23.1 Å². The summed E-state index contributed by atoms with van der Waals surface area (Å²) in [5.41, 5.74) is 0. The molecule has 1 N–H and O–H groups in total. The number of halogens is 1. The number of carbonyl (C=O) groups is 1. The molecule has 2 aliphatic heterocycles. The van der Waals surface area contributed by atoms with Gasteiger partial charge >= 0.3 is 0 Å². The molecule has 0 aromatic heterocycles. The van der Waals surface area contributed by atoms with Gasteiger partial charge in [-0.05, 0) is 31.0 Å². The minimum atomic E-state index is -4.01. The Hall–Kier alpha value is -1.39. The van der Waals surface area contributed by atoms with E-state index in [1.165, 1.54) is 23.5 Å². The zero-order valence-electron chi connectivity index (χ0n) is 15.9. The van der Waals surface area contributed by atoms with E-state index in [4.69, 9.17) is 21.1 Å². The Kier molecular flexibility index (Phi) is 7.16. The standard InChI is InChI=1S/C18H26ClN3O5S/c1-26-16-5-4-14(19)11-17(16)28(24,25)22(12-15-3-2-10-27-15)13-18(23)21-8-6-20-7-9-21/h4-5,11,15,20H,2-3,6-10,12-13H2,1H3/t15-/m1/s1. The summed E-state index contributed by atoms with van der Waals surface area (Å²) in [7, 11) is -2.61. The zero-order chi connectivity index (χ0) is 20.1. The molecule has 28 heavy (non-hydrogen) atoms. The van der Waals surface area contributed by atoms with Crippen molar-refractivity contribution in [2.24, 2.45) is 0 Å². The molecule has 10 heteroatoms. The minimum absolute atomic E-state index is 0.0476. The van der Waals surface area contributed by atoms with Crippen LogP contribution >= 0.6 is 11.6 Å². The summed E-state index contributed by atoms with van der Waals surface area (Å²) < 4.78 is 38.9. The van der Waals surface area contributed by atoms with Crippen LogP contribution < -0.4 is 10.1 Å². The molecule has 3 rings (SSSR count). The molecule has 0 unspecified atom stereocenters. The summed E-state index contributed by atoms with van der Waals surface area (Å²) in [6.45, 7) is 3.01. The van der Waals surface area contributed by atoms with Crippen molar-refractivity contribution in [1.82, 2.24) is 14.5 Å². The van der Waals surface area contributed by atoms with Gasteiger partial charge in [0.1, 0.15) is 10.6 Å². The number of benzene rings is 1. The highest BCUT2D eigenvalue weighted by Gasteiger charge is 2.34. The van der Waals surface area contributed by atoms with E-state index in [1.54, 1.807) is 11.0 Å². The average molecular weight is 432 g/mol. The zero-order valence-corrected chi connectivity index (χ0v) is 17.5. The van der Waals surface area contributed by atoms with Gasteiger partial charge in [0.2, 0.25) is 15.9 Å². The van der Waals surface area contributed by atoms with Crippen LogP contribution in [-0.2, 0) is 19.6 Å². The van der Waals surface area contributed by atoms with Gasteiger partial charge in [0.25, 0.3) is 0 Å². The number of rotatable bonds is 7. The van der Waals surface area contributed by atoms with E-state index < -0.39 is 10.0 Å². The number of amides is 1. The quantitative estimate of drug-likeness (QED) is 0.691. The Bertz CT molecular complexity index is 792. The normalized spacial score (nSPS) is 20.5. The van der Waals surface area contributed by atoms with Crippen molar-refractivity contribution in [3.8, 4) is 5.75 Å². The van der Waals surface area contributed by atoms with Gasteiger partial charge in [-0.1, -0.05) is 11.6 Å². The molecule has 2 aliphatic rings. The van der Waals surface area contributed by atoms with Gasteiger partial charge in [-0.3, -0.25) is 4.79 Å². The first-order valence-corrected chi connectivity index (χ1v) is 11.2. The van der Waals surface area contributed by atoms with E-state index in [2.05, 4.69) is 5.32 Å². The molecule has 0 aliphatic carbocycles. The highest BCUT2D eigenvalue weighted by molar-refractivity contribution is 7.89. The van der Waals surface area contributed by atoms with Gasteiger partial charge < -0.3 is 19.7 Å². The second kappa shape index (κ2) is 9.41. The molecule has 1 aromatic carbocycles. The lowest BCUT2D eigenvalue weighted by Gasteiger charge is -2.31. The molecule has 2 saturated heterocycles. The van der Waals surface area contributed by atoms with Crippen molar-refractivity contribution in [2.45, 2.75) is 23.8 Å². The molecule has 2 heterocycles. The van der Waals surface area contributed by atoms with Crippen LogP contribution in [0.3, 0.4) is 0 Å². The van der Waals surface area contributed by atoms with Gasteiger partial charge in [0.05, 0.1) is 19.8 Å². The molecule has 0 saturated carbocycles. The second-order valence-corrected chi connectivity index (χ2v) is 9.20. The molecule has 1 aromatic rings. The van der Waals surface area contributed by atoms with E-state index in [9.17, 15) is 13.2 Å². The van der Waals surface area contributed by atoms with Gasteiger partial charge in [0, 0.05) is 44.4 Å². The number of nitrogens with zero attached hydrogens (tertiary/aromatic N) is 2. The topological polar surface area (TPSA) is 88.2 Å². The van der Waals surface area contributed by atoms with Crippen molar-refractivity contribution < 1.29 is 22.7 Å². The van der Waals surface area contributed by atoms with Crippen molar-refractivity contribution in [1.29, 1.82) is 0 Å². The van der Waals surface area contributed by atoms with Crippen LogP contribution in [0, 0.1) is 0 Å². The lowest BCUT2D eigenvalue weighted by atomic mass is 10.2. The number of sulfonamides is 1. The second-order valence-electron chi connectivity index (χ2n) is 6.86. The van der Waals surface area contributed by atoms with Crippen molar-refractivity contribution in [3.05, 3.63) is 23.2 Å². The molecular formula is C18H26ClN3O5S. The average Bonchev–Trinajstić information content (AvgIpc) is 3.21. The largest absolute Gasteiger partial charge is 0.495 e. The predicted molar refractivity (Wildman–Crippen MR) is 105 cm³/mol. The van der Waals surface area contributed by atoms with Gasteiger partial charge in [-0.25, -0.2) is 8.42 Å². The van der Waals surface area contributed by atoms with Crippen LogP contribution in [0.4, 0.5) is 0 Å². The van der Waals surface area contributed by atoms with Gasteiger partial charge in [-0.2, -0.15) is 4.31 Å². The molecule has 1 atom stereocenters. The van der Waals surface area contributed by atoms with Crippen molar-refractivity contribution in [3.63, 3.8) is 0 Å². The number of carbonyl (C=O) groups excluding carboxylic acids is 1. The third-order valence-corrected chi connectivity index (χ3v) is 7.02. The maximum Gasteiger partial charge on any atom is 0.247 e. The Labute approximate surface area is 170 Å². The van der Waals surface area contributed by atoms with Gasteiger partial charge in [-0.15, -0.1) is 0 Å². The van der Waals surface area contributed by atoms with E-state index in [0.717, 1.165) is 12.8 Å². The molecule has 1 amide bonds. The van der Waals surface area contributed by atoms with Crippen LogP contribution in [-0.4, -0.2) is 82.6 Å². The number of ether oxygens (including phenoxy) is 2. The molecule has 2 fully saturated rings. The number of nitrogens with one attached hydrogen (secondary N) is 1. The predicted octanol–water partition coefficient (Wildman–Crippen LogP) is 0.950. The summed E-state index contributed by atoms with van der Waals surface area (Å²) in [4.78, 5) is 14.4. The molecule has 8 nitrogen and oxygen atoms in total. The van der Waals surface area contributed by atoms with E-state index in [0.29, 0.717) is 32.8 Å². The molecule has 0 bridgehead atoms. The maximum atomic E-state index is 13.4. The Morgan fingerprint density at radius 1 is 1.39 bits per heavy atom. The third kappa shape index (κ3) is 4.96. The smallest absolute Gasteiger partial charge is 0.247 e. The monoisotopic (exact) mass is 431 g/mol. The lowest BCUT2D eigenvalue weighted by molar-refractivity contribution is -0.132. The molecule has 0 spiro atoms. The highest BCUT2D eigenvalue weighted by atomic mass is 35.5. The lowest BCUT2D eigenvalue weighted by Crippen LogP contribution is -2.51. The fourth-order valence-corrected chi connectivity index (χ4v) is 5.26. The summed E-state index contributed by atoms with van der Waals surface area (Å²) in [6.07, 6.45) is 1.42. The molecule has 156 valence electrons. The first kappa shape index (κ1) is 21.3. The first-order chi connectivity index (χ1) is 13.4. The minimum Gasteiger partial charge on any atom is -0.495 e. The summed E-state index contributed by atoms with van der Waals surface area (Å²) in [6, 6.07) is 4.43. The van der Waals surface area contributed by atoms with Gasteiger partial charge in [0.15, 0.2) is 0 Å². The van der Waals surface area contributed by atoms with Crippen LogP contribution in [0.5, 0.6) is 5.75 Å². The Morgan fingerprint density at radius 3 is 2.79 bits per heavy atom. The van der Waals surface area contributed by atoms with Crippen LogP contribution in [0.1, 0.15) is 12.8 Å². The molecule has 0 radical (unpaired) electrons. The fraction of sp³-hybridized carbons (Fsp3) is 0.611. The van der Waals surface area contributed by atoms with E-state index in [1.807, 2.05) is 0 Å².